The van der Waals surface area contributed by atoms with E-state index in [9.17, 15) is 10.2 Å². The molecule has 0 aliphatic heterocycles. The second kappa shape index (κ2) is 84.1. The van der Waals surface area contributed by atoms with Crippen molar-refractivity contribution in [3.05, 3.63) is 36.4 Å². The number of benzene rings is 1. The van der Waals surface area contributed by atoms with E-state index in [0.29, 0.717) is 13.2 Å². The summed E-state index contributed by atoms with van der Waals surface area (Å²) >= 11 is 0. The maximum atomic E-state index is 10.5. The second-order valence-electron chi connectivity index (χ2n) is 31.9. The molecule has 1 rings (SSSR count). The third-order valence-corrected chi connectivity index (χ3v) is 20.2. The van der Waals surface area contributed by atoms with Gasteiger partial charge in [-0.3, -0.25) is 8.42 Å². The Morgan fingerprint density at radius 1 is 0.263 bits per heavy atom. The zero-order valence-electron chi connectivity index (χ0n) is 68.2. The monoisotopic (exact) mass is 1420 g/mol. The van der Waals surface area contributed by atoms with Gasteiger partial charge in [0.05, 0.1) is 54.5 Å². The Hall–Kier alpha value is -1.15. The van der Waals surface area contributed by atoms with Crippen LogP contribution in [0.3, 0.4) is 0 Å². The average Bonchev–Trinajstić information content (AvgIpc) is 1.25. The van der Waals surface area contributed by atoms with Gasteiger partial charge in [-0.05, 0) is 38.5 Å². The number of rotatable bonds is 76. The average molecular weight is 1420 g/mol. The largest absolute Gasteiger partial charge is 0.759 e. The van der Waals surface area contributed by atoms with Crippen LogP contribution in [-0.4, -0.2) is 130 Å². The van der Waals surface area contributed by atoms with Crippen molar-refractivity contribution in [1.82, 2.24) is 0 Å². The van der Waals surface area contributed by atoms with Crippen LogP contribution < -0.4 is 0 Å². The summed E-state index contributed by atoms with van der Waals surface area (Å²) in [5, 5.41) is 21.0. The molecule has 0 bridgehead atoms. The summed E-state index contributed by atoms with van der Waals surface area (Å²) in [5.41, 5.74) is 0. The maximum absolute atomic E-state index is 10.5. The lowest BCUT2D eigenvalue weighted by atomic mass is 10.0. The highest BCUT2D eigenvalue weighted by Gasteiger charge is 2.21. The molecule has 2 unspecified atom stereocenters. The van der Waals surface area contributed by atoms with Crippen molar-refractivity contribution in [2.45, 2.75) is 451 Å². The molecule has 0 saturated heterocycles. The number of nitrogens with zero attached hydrogens (tertiary/aromatic N) is 2. The summed E-state index contributed by atoms with van der Waals surface area (Å²) < 4.78 is 47.6. The van der Waals surface area contributed by atoms with Crippen molar-refractivity contribution in [1.29, 1.82) is 0 Å². The minimum Gasteiger partial charge on any atom is -0.759 e. The van der Waals surface area contributed by atoms with Gasteiger partial charge in [-0.25, -0.2) is 0 Å². The summed E-state index contributed by atoms with van der Waals surface area (Å²) in [7, 11) is 3.90. The fourth-order valence-corrected chi connectivity index (χ4v) is 13.9. The number of quaternary nitrogens is 2. The van der Waals surface area contributed by atoms with Crippen molar-refractivity contribution >= 4 is 10.4 Å². The van der Waals surface area contributed by atoms with Gasteiger partial charge < -0.3 is 37.8 Å². The van der Waals surface area contributed by atoms with E-state index in [-0.39, 0.29) is 12.2 Å². The number of aliphatic hydroxyl groups excluding tert-OH is 2. The highest BCUT2D eigenvalue weighted by Crippen LogP contribution is 2.20. The highest BCUT2D eigenvalue weighted by molar-refractivity contribution is 7.79. The molecule has 99 heavy (non-hydrogen) atoms. The number of ether oxygens (including phenoxy) is 2. The van der Waals surface area contributed by atoms with E-state index in [4.69, 9.17) is 27.0 Å². The van der Waals surface area contributed by atoms with E-state index in [0.717, 1.165) is 61.2 Å². The van der Waals surface area contributed by atoms with Crippen LogP contribution in [0.4, 0.5) is 0 Å². The van der Waals surface area contributed by atoms with Crippen LogP contribution in [0.15, 0.2) is 36.4 Å². The van der Waals surface area contributed by atoms with Crippen molar-refractivity contribution in [2.24, 2.45) is 0 Å². The van der Waals surface area contributed by atoms with E-state index in [2.05, 4.69) is 55.9 Å². The molecule has 2 atom stereocenters. The Morgan fingerprint density at radius 3 is 0.545 bits per heavy atom. The smallest absolute Gasteiger partial charge is 0.126 e. The SMILES string of the molecule is CCCCCCCCCCCCCCCCCCOCC(O)C[N+](C)(C)CCCCCCCCCCCCCCCCCC.CCCCCCCCCCCCCCCCCCOCC(O)C[N+](C)(C)CCCCCCCCCCCCCCCCCC.O=S(=O)([O-])[O-].c1ccccc1. The number of hydrogen-bond acceptors (Lipinski definition) is 8. The number of aliphatic hydroxyl groups is 2. The van der Waals surface area contributed by atoms with Gasteiger partial charge in [0.15, 0.2) is 0 Å². The normalized spacial score (nSPS) is 12.4. The zero-order chi connectivity index (χ0) is 73.2. The maximum Gasteiger partial charge on any atom is 0.126 e. The molecule has 1 aromatic carbocycles. The van der Waals surface area contributed by atoms with Crippen molar-refractivity contribution in [3.8, 4) is 0 Å². The molecule has 10 nitrogen and oxygen atoms in total. The summed E-state index contributed by atoms with van der Waals surface area (Å²) in [6.07, 6.45) is 89.4. The quantitative estimate of drug-likeness (QED) is 0.0284. The highest BCUT2D eigenvalue weighted by atomic mass is 32.3. The van der Waals surface area contributed by atoms with Crippen LogP contribution in [0.2, 0.25) is 0 Å². The molecule has 11 heteroatoms. The van der Waals surface area contributed by atoms with E-state index >= 15 is 0 Å². The number of unbranched alkanes of at least 4 members (excludes halogenated alkanes) is 60. The molecule has 0 radical (unpaired) electrons. The van der Waals surface area contributed by atoms with E-state index in [1.165, 1.54) is 398 Å². The van der Waals surface area contributed by atoms with Gasteiger partial charge in [0.1, 0.15) is 25.3 Å². The van der Waals surface area contributed by atoms with Gasteiger partial charge in [0.25, 0.3) is 0 Å². The van der Waals surface area contributed by atoms with Crippen molar-refractivity contribution in [2.75, 3.05) is 80.8 Å². The molecule has 0 aromatic heterocycles. The molecule has 1 aromatic rings. The predicted molar refractivity (Wildman–Crippen MR) is 432 cm³/mol. The van der Waals surface area contributed by atoms with Crippen LogP contribution >= 0.6 is 0 Å². The minimum atomic E-state index is -5.17. The van der Waals surface area contributed by atoms with Crippen LogP contribution in [-0.2, 0) is 19.9 Å². The second-order valence-corrected chi connectivity index (χ2v) is 32.7. The third kappa shape index (κ3) is 101. The minimum absolute atomic E-state index is 0.341. The van der Waals surface area contributed by atoms with Gasteiger partial charge >= 0.3 is 0 Å². The molecule has 594 valence electrons. The molecule has 0 aliphatic rings. The predicted octanol–water partition coefficient (Wildman–Crippen LogP) is 26.3. The third-order valence-electron chi connectivity index (χ3n) is 20.2. The van der Waals surface area contributed by atoms with Crippen LogP contribution in [0, 0.1) is 0 Å². The first-order valence-corrected chi connectivity index (χ1v) is 45.2. The lowest BCUT2D eigenvalue weighted by Gasteiger charge is -2.32. The van der Waals surface area contributed by atoms with Gasteiger partial charge in [-0.15, -0.1) is 0 Å². The molecule has 0 saturated carbocycles. The molecular weight excluding hydrogens is 1250 g/mol. The van der Waals surface area contributed by atoms with Gasteiger partial charge in [0.2, 0.25) is 0 Å². The zero-order valence-corrected chi connectivity index (χ0v) is 69.0. The molecule has 0 spiro atoms. The fourth-order valence-electron chi connectivity index (χ4n) is 13.9. The molecule has 2 N–H and O–H groups in total. The Morgan fingerprint density at radius 2 is 0.394 bits per heavy atom. The molecular formula is C88H178N2O8S. The topological polar surface area (TPSA) is 139 Å². The van der Waals surface area contributed by atoms with Crippen LogP contribution in [0.25, 0.3) is 0 Å². The van der Waals surface area contributed by atoms with E-state index in [1.54, 1.807) is 0 Å². The Bertz CT molecular complexity index is 1580. The van der Waals surface area contributed by atoms with E-state index in [1.807, 2.05) is 36.4 Å². The van der Waals surface area contributed by atoms with Crippen molar-refractivity contribution in [3.63, 3.8) is 0 Å². The van der Waals surface area contributed by atoms with E-state index < -0.39 is 10.4 Å². The fraction of sp³-hybridized carbons (Fsp3) is 0.932. The Labute approximate surface area is 621 Å². The summed E-state index contributed by atoms with van der Waals surface area (Å²) in [5.74, 6) is 0. The summed E-state index contributed by atoms with van der Waals surface area (Å²) in [4.78, 5) is 0. The van der Waals surface area contributed by atoms with Crippen molar-refractivity contribution < 1.29 is 46.2 Å². The molecule has 0 heterocycles. The standard InChI is InChI=1S/2C41H86NO2.C6H6.H2O4S/c2*1-5-7-9-11-13-15-17-19-21-23-25-27-29-31-33-35-37-42(3,4)39-41(43)40-44-38-36-34-32-30-28-26-24-22-20-18-16-14-12-10-8-6-2;1-2-4-6-5-3-1;1-5(2,3)4/h2*41,43H,5-40H2,1-4H3;1-6H;(H2,1,2,3,4)/q2*+1;;/p-2. The van der Waals surface area contributed by atoms with Gasteiger partial charge in [0, 0.05) is 23.6 Å². The lowest BCUT2D eigenvalue weighted by Crippen LogP contribution is -2.47. The Balaban J connectivity index is -0.00000160. The van der Waals surface area contributed by atoms with Gasteiger partial charge in [-0.1, -0.05) is 437 Å². The molecule has 0 amide bonds. The lowest BCUT2D eigenvalue weighted by molar-refractivity contribution is -0.893. The summed E-state index contributed by atoms with van der Waals surface area (Å²) in [6.45, 7) is 15.7. The van der Waals surface area contributed by atoms with Crippen LogP contribution in [0.1, 0.15) is 439 Å². The van der Waals surface area contributed by atoms with Crippen LogP contribution in [0.5, 0.6) is 0 Å². The number of hydrogen-bond donors (Lipinski definition) is 2. The summed E-state index contributed by atoms with van der Waals surface area (Å²) in [6, 6.07) is 12.0. The Kier molecular flexibility index (Phi) is 86.7. The molecule has 0 fully saturated rings. The first-order valence-electron chi connectivity index (χ1n) is 43.9. The first kappa shape index (κ1) is 102. The number of likely N-dealkylation sites (N-methyl/N-ethyl adjacent to an activating group) is 2. The first-order chi connectivity index (χ1) is 48.0. The molecule has 0 aliphatic carbocycles. The van der Waals surface area contributed by atoms with Gasteiger partial charge in [-0.2, -0.15) is 0 Å².